The number of allylic oxidation sites excluding steroid dienone is 8. The molecule has 1 fully saturated rings. The van der Waals surface area contributed by atoms with Crippen molar-refractivity contribution in [1.82, 2.24) is 0 Å². The second-order valence-corrected chi connectivity index (χ2v) is 6.14. The molecule has 0 aromatic carbocycles. The summed E-state index contributed by atoms with van der Waals surface area (Å²) in [6, 6.07) is 0. The molecule has 28 heavy (non-hydrogen) atoms. The quantitative estimate of drug-likeness (QED) is 0.275. The molecule has 1 saturated heterocycles. The Kier molecular flexibility index (Phi) is 42.8. The predicted octanol–water partition coefficient (Wildman–Crippen LogP) is -5.46. The monoisotopic (exact) mass is 474 g/mol. The average molecular weight is 476 g/mol. The van der Waals surface area contributed by atoms with Crippen LogP contribution in [-0.4, -0.2) is 13.2 Å². The van der Waals surface area contributed by atoms with Crippen LogP contribution in [0.5, 0.6) is 0 Å². The summed E-state index contributed by atoms with van der Waals surface area (Å²) in [5.74, 6) is 0. The topological polar surface area (TPSA) is 9.23 Å². The third kappa shape index (κ3) is 23.4. The smallest absolute Gasteiger partial charge is 1.00 e. The SMILES string of the molecule is C1CCOC1.CCCCC1=[C-]CC=C1.CCCCC1=[C-]CC=C1.[Cl-].[Cl-].[Cl-].[Li+].[Ti+4]. The minimum atomic E-state index is 0. The van der Waals surface area contributed by atoms with Crippen molar-refractivity contribution in [1.29, 1.82) is 0 Å². The van der Waals surface area contributed by atoms with Crippen LogP contribution in [0.15, 0.2) is 35.5 Å². The molecule has 0 bridgehead atoms. The van der Waals surface area contributed by atoms with Gasteiger partial charge in [0.15, 0.2) is 0 Å². The fraction of sp³-hybridized carbons (Fsp3) is 0.636. The Bertz CT molecular complexity index is 378. The molecule has 0 radical (unpaired) electrons. The zero-order valence-corrected chi connectivity index (χ0v) is 21.7. The molecule has 0 N–H and O–H groups in total. The van der Waals surface area contributed by atoms with Crippen LogP contribution in [0.2, 0.25) is 0 Å². The van der Waals surface area contributed by atoms with Gasteiger partial charge in [-0.05, 0) is 12.8 Å². The molecule has 0 saturated carbocycles. The summed E-state index contributed by atoms with van der Waals surface area (Å²) in [6.45, 7) is 6.44. The van der Waals surface area contributed by atoms with Crippen LogP contribution in [0.1, 0.15) is 78.1 Å². The molecule has 0 atom stereocenters. The van der Waals surface area contributed by atoms with E-state index < -0.39 is 0 Å². The minimum Gasteiger partial charge on any atom is -1.00 e. The Hall–Kier alpha value is 1.10. The molecule has 0 spiro atoms. The molecular weight excluding hydrogens is 441 g/mol. The largest absolute Gasteiger partial charge is 4.00 e. The van der Waals surface area contributed by atoms with Crippen LogP contribution < -0.4 is 56.1 Å². The van der Waals surface area contributed by atoms with Crippen molar-refractivity contribution < 1.29 is 82.5 Å². The van der Waals surface area contributed by atoms with E-state index in [4.69, 9.17) is 4.74 Å². The van der Waals surface area contributed by atoms with Crippen molar-refractivity contribution in [3.8, 4) is 0 Å². The molecule has 3 rings (SSSR count). The van der Waals surface area contributed by atoms with E-state index in [1.165, 1.54) is 62.5 Å². The van der Waals surface area contributed by atoms with Crippen molar-refractivity contribution in [3.05, 3.63) is 47.6 Å². The van der Waals surface area contributed by atoms with Gasteiger partial charge in [0.25, 0.3) is 0 Å². The van der Waals surface area contributed by atoms with Gasteiger partial charge in [0, 0.05) is 13.2 Å². The summed E-state index contributed by atoms with van der Waals surface area (Å²) >= 11 is 0. The normalized spacial score (nSPS) is 14.8. The van der Waals surface area contributed by atoms with E-state index in [9.17, 15) is 0 Å². The van der Waals surface area contributed by atoms with Crippen molar-refractivity contribution in [2.24, 2.45) is 0 Å². The number of unbranched alkanes of at least 4 members (excludes halogenated alkanes) is 2. The molecule has 1 aliphatic heterocycles. The van der Waals surface area contributed by atoms with Crippen molar-refractivity contribution >= 4 is 0 Å². The number of halogens is 3. The first kappa shape index (κ1) is 39.6. The van der Waals surface area contributed by atoms with Gasteiger partial charge in [0.1, 0.15) is 0 Å². The van der Waals surface area contributed by atoms with E-state index in [1.807, 2.05) is 0 Å². The molecule has 0 aromatic heterocycles. The maximum atomic E-state index is 4.94. The molecule has 3 aliphatic rings. The first-order chi connectivity index (χ1) is 11.4. The van der Waals surface area contributed by atoms with Crippen LogP contribution >= 0.6 is 0 Å². The summed E-state index contributed by atoms with van der Waals surface area (Å²) in [5, 5.41) is 0. The predicted molar refractivity (Wildman–Crippen MR) is 100 cm³/mol. The van der Waals surface area contributed by atoms with E-state index in [0.29, 0.717) is 0 Å². The van der Waals surface area contributed by atoms with Crippen LogP contribution in [-0.2, 0) is 26.5 Å². The Morgan fingerprint density at radius 1 is 0.786 bits per heavy atom. The average Bonchev–Trinajstić information content (AvgIpc) is 3.36. The number of ether oxygens (including phenoxy) is 1. The van der Waals surface area contributed by atoms with Gasteiger partial charge in [-0.25, -0.2) is 23.3 Å². The number of rotatable bonds is 6. The summed E-state index contributed by atoms with van der Waals surface area (Å²) < 4.78 is 4.94. The van der Waals surface area contributed by atoms with Crippen molar-refractivity contribution in [2.75, 3.05) is 13.2 Å². The molecule has 0 amide bonds. The van der Waals surface area contributed by atoms with E-state index in [1.54, 1.807) is 0 Å². The number of hydrogen-bond donors (Lipinski definition) is 0. The van der Waals surface area contributed by atoms with E-state index in [-0.39, 0.29) is 77.8 Å². The Morgan fingerprint density at radius 3 is 1.39 bits per heavy atom. The minimum absolute atomic E-state index is 0. The third-order valence-electron chi connectivity index (χ3n) is 3.96. The maximum Gasteiger partial charge on any atom is 4.00 e. The van der Waals surface area contributed by atoms with Gasteiger partial charge in [-0.2, -0.15) is 12.2 Å². The van der Waals surface area contributed by atoms with Crippen molar-refractivity contribution in [3.63, 3.8) is 0 Å². The van der Waals surface area contributed by atoms with Gasteiger partial charge in [0.2, 0.25) is 0 Å². The third-order valence-corrected chi connectivity index (χ3v) is 3.96. The van der Waals surface area contributed by atoms with E-state index >= 15 is 0 Å². The van der Waals surface area contributed by atoms with Crippen LogP contribution in [0.4, 0.5) is 0 Å². The molecule has 0 aromatic rings. The van der Waals surface area contributed by atoms with Crippen LogP contribution in [0.25, 0.3) is 0 Å². The van der Waals surface area contributed by atoms with E-state index in [2.05, 4.69) is 50.3 Å². The summed E-state index contributed by atoms with van der Waals surface area (Å²) in [4.78, 5) is 0. The molecule has 2 aliphatic carbocycles. The van der Waals surface area contributed by atoms with Gasteiger partial charge >= 0.3 is 40.6 Å². The Balaban J connectivity index is -0.0000000893. The Morgan fingerprint density at radius 2 is 1.18 bits per heavy atom. The molecule has 0 unspecified atom stereocenters. The maximum absolute atomic E-state index is 4.94. The van der Waals surface area contributed by atoms with Crippen molar-refractivity contribution in [2.45, 2.75) is 78.1 Å². The number of hydrogen-bond acceptors (Lipinski definition) is 1. The fourth-order valence-electron chi connectivity index (χ4n) is 2.49. The van der Waals surface area contributed by atoms with Gasteiger partial charge in [-0.3, -0.25) is 12.2 Å². The second kappa shape index (κ2) is 30.3. The molecule has 6 heteroatoms. The standard InChI is InChI=1S/2C9H13.C4H8O.3ClH.Li.Ti/c2*1-2-3-6-9-7-4-5-8-9;1-2-4-5-3-1;;;;;/h2*4,7H,2-3,5-6H2,1H3;1-4H2;3*1H;;/q2*-1;;;;;+1;+4/p-3. The Labute approximate surface area is 220 Å². The fourth-order valence-corrected chi connectivity index (χ4v) is 2.49. The van der Waals surface area contributed by atoms with Crippen LogP contribution in [0.3, 0.4) is 0 Å². The second-order valence-electron chi connectivity index (χ2n) is 6.14. The first-order valence-electron chi connectivity index (χ1n) is 9.47. The zero-order chi connectivity index (χ0) is 16.6. The molecule has 1 nitrogen and oxygen atoms in total. The summed E-state index contributed by atoms with van der Waals surface area (Å²) in [6.07, 6.45) is 27.6. The zero-order valence-electron chi connectivity index (χ0n) is 17.8. The van der Waals surface area contributed by atoms with Crippen LogP contribution in [0, 0.1) is 12.2 Å². The molecule has 1 heterocycles. The van der Waals surface area contributed by atoms with Gasteiger partial charge in [-0.15, -0.1) is 12.8 Å². The van der Waals surface area contributed by atoms with E-state index in [0.717, 1.165) is 26.1 Å². The first-order valence-corrected chi connectivity index (χ1v) is 9.47. The summed E-state index contributed by atoms with van der Waals surface area (Å²) in [7, 11) is 0. The molecular formula is C22H34Cl3LiOTi. The van der Waals surface area contributed by atoms with Gasteiger partial charge < -0.3 is 42.0 Å². The van der Waals surface area contributed by atoms with Gasteiger partial charge in [0.05, 0.1) is 0 Å². The summed E-state index contributed by atoms with van der Waals surface area (Å²) in [5.41, 5.74) is 2.83. The molecule has 154 valence electrons. The van der Waals surface area contributed by atoms with Gasteiger partial charge in [-0.1, -0.05) is 52.4 Å².